The Labute approximate surface area is 106 Å². The van der Waals surface area contributed by atoms with E-state index in [0.717, 1.165) is 6.42 Å². The number of carbonyl (C=O) groups is 1. The maximum Gasteiger partial charge on any atom is 0.321 e. The number of imidazole rings is 1. The minimum atomic E-state index is -3.89. The summed E-state index contributed by atoms with van der Waals surface area (Å²) in [5.41, 5.74) is 0. The Kier molecular flexibility index (Phi) is 4.47. The second-order valence-corrected chi connectivity index (χ2v) is 5.66. The lowest BCUT2D eigenvalue weighted by molar-refractivity contribution is -0.138. The van der Waals surface area contributed by atoms with Gasteiger partial charge >= 0.3 is 5.97 Å². The molecule has 0 aliphatic carbocycles. The number of hydrogen-bond acceptors (Lipinski definition) is 4. The van der Waals surface area contributed by atoms with E-state index in [-0.39, 0.29) is 5.03 Å². The molecule has 0 fully saturated rings. The minimum absolute atomic E-state index is 0.151. The summed E-state index contributed by atoms with van der Waals surface area (Å²) in [5.74, 6) is -0.650. The van der Waals surface area contributed by atoms with Gasteiger partial charge in [0.05, 0.1) is 0 Å². The van der Waals surface area contributed by atoms with Crippen molar-refractivity contribution < 1.29 is 18.3 Å². The van der Waals surface area contributed by atoms with E-state index in [2.05, 4.69) is 9.71 Å². The van der Waals surface area contributed by atoms with Crippen LogP contribution in [0.5, 0.6) is 0 Å². The van der Waals surface area contributed by atoms with Crippen molar-refractivity contribution in [2.45, 2.75) is 44.8 Å². The average Bonchev–Trinajstić information content (AvgIpc) is 2.61. The summed E-state index contributed by atoms with van der Waals surface area (Å²) in [6, 6.07) is -1.19. The van der Waals surface area contributed by atoms with Crippen LogP contribution in [0.2, 0.25) is 0 Å². The van der Waals surface area contributed by atoms with Gasteiger partial charge in [-0.3, -0.25) is 4.79 Å². The van der Waals surface area contributed by atoms with Crippen LogP contribution >= 0.6 is 0 Å². The van der Waals surface area contributed by atoms with Crippen molar-refractivity contribution in [2.75, 3.05) is 0 Å². The van der Waals surface area contributed by atoms with Gasteiger partial charge in [0.1, 0.15) is 11.9 Å². The highest BCUT2D eigenvalue weighted by Gasteiger charge is 2.24. The Morgan fingerprint density at radius 1 is 1.61 bits per heavy atom. The van der Waals surface area contributed by atoms with Gasteiger partial charge in [-0.15, -0.1) is 0 Å². The van der Waals surface area contributed by atoms with Crippen LogP contribution in [0, 0.1) is 6.92 Å². The Hall–Kier alpha value is -1.41. The Balaban J connectivity index is 2.98. The third-order valence-corrected chi connectivity index (χ3v) is 3.81. The summed E-state index contributed by atoms with van der Waals surface area (Å²) in [6.07, 6.45) is 2.27. The van der Waals surface area contributed by atoms with Gasteiger partial charge in [0.15, 0.2) is 5.03 Å². The molecule has 102 valence electrons. The molecule has 0 radical (unpaired) electrons. The zero-order valence-electron chi connectivity index (χ0n) is 10.5. The van der Waals surface area contributed by atoms with Crippen molar-refractivity contribution in [1.82, 2.24) is 14.3 Å². The van der Waals surface area contributed by atoms with Crippen LogP contribution in [-0.4, -0.2) is 35.1 Å². The number of sulfonamides is 1. The molecule has 0 unspecified atom stereocenters. The van der Waals surface area contributed by atoms with Crippen molar-refractivity contribution in [1.29, 1.82) is 0 Å². The molecule has 1 heterocycles. The SMILES string of the molecule is CCCn1cc(S(=O)(=O)N[C@H](C)C(=O)O)nc1C. The lowest BCUT2D eigenvalue weighted by Gasteiger charge is -2.07. The number of nitrogens with one attached hydrogen (secondary N) is 1. The van der Waals surface area contributed by atoms with E-state index in [4.69, 9.17) is 5.11 Å². The molecule has 0 spiro atoms. The first-order chi connectivity index (χ1) is 8.27. The van der Waals surface area contributed by atoms with Gasteiger partial charge in [-0.2, -0.15) is 4.72 Å². The summed E-state index contributed by atoms with van der Waals surface area (Å²) < 4.78 is 27.5. The van der Waals surface area contributed by atoms with Gasteiger partial charge in [-0.05, 0) is 20.3 Å². The van der Waals surface area contributed by atoms with Crippen LogP contribution in [0.4, 0.5) is 0 Å². The first-order valence-corrected chi connectivity index (χ1v) is 7.05. The second kappa shape index (κ2) is 5.49. The first-order valence-electron chi connectivity index (χ1n) is 5.57. The molecule has 1 rings (SSSR count). The second-order valence-electron chi connectivity index (χ2n) is 4.00. The molecule has 0 saturated carbocycles. The highest BCUT2D eigenvalue weighted by Crippen LogP contribution is 2.10. The normalized spacial score (nSPS) is 13.5. The van der Waals surface area contributed by atoms with Crippen LogP contribution < -0.4 is 4.72 Å². The molecule has 0 aliphatic rings. The standard InChI is InChI=1S/C10H17N3O4S/c1-4-5-13-6-9(11-8(13)3)18(16,17)12-7(2)10(14)15/h6-7,12H,4-5H2,1-3H3,(H,14,15)/t7-/m1/s1. The topological polar surface area (TPSA) is 101 Å². The number of rotatable bonds is 6. The van der Waals surface area contributed by atoms with E-state index >= 15 is 0 Å². The molecule has 2 N–H and O–H groups in total. The molecule has 0 saturated heterocycles. The lowest BCUT2D eigenvalue weighted by atomic mass is 10.4. The Morgan fingerprint density at radius 2 is 2.22 bits per heavy atom. The third-order valence-electron chi connectivity index (χ3n) is 2.40. The summed E-state index contributed by atoms with van der Waals surface area (Å²) in [5, 5.41) is 8.53. The molecule has 7 nitrogen and oxygen atoms in total. The van der Waals surface area contributed by atoms with E-state index in [0.29, 0.717) is 12.4 Å². The van der Waals surface area contributed by atoms with Crippen LogP contribution in [0.3, 0.4) is 0 Å². The van der Waals surface area contributed by atoms with E-state index in [1.54, 1.807) is 11.5 Å². The molecule has 1 aromatic heterocycles. The van der Waals surface area contributed by atoms with E-state index in [1.807, 2.05) is 6.92 Å². The Morgan fingerprint density at radius 3 is 2.72 bits per heavy atom. The molecule has 1 atom stereocenters. The maximum atomic E-state index is 11.9. The van der Waals surface area contributed by atoms with Crippen LogP contribution in [-0.2, 0) is 21.4 Å². The molecule has 18 heavy (non-hydrogen) atoms. The van der Waals surface area contributed by atoms with Crippen LogP contribution in [0.15, 0.2) is 11.2 Å². The van der Waals surface area contributed by atoms with E-state index < -0.39 is 22.0 Å². The number of nitrogens with zero attached hydrogens (tertiary/aromatic N) is 2. The maximum absolute atomic E-state index is 11.9. The summed E-state index contributed by atoms with van der Waals surface area (Å²) in [4.78, 5) is 14.6. The Bertz CT molecular complexity index is 535. The predicted molar refractivity (Wildman–Crippen MR) is 64.7 cm³/mol. The third kappa shape index (κ3) is 3.30. The molecular formula is C10H17N3O4S. The highest BCUT2D eigenvalue weighted by atomic mass is 32.2. The quantitative estimate of drug-likeness (QED) is 0.780. The number of aryl methyl sites for hydroxylation is 2. The van der Waals surface area contributed by atoms with Gasteiger partial charge in [-0.1, -0.05) is 6.92 Å². The molecule has 0 aliphatic heterocycles. The van der Waals surface area contributed by atoms with Gasteiger partial charge in [0, 0.05) is 12.7 Å². The number of hydrogen-bond donors (Lipinski definition) is 2. The average molecular weight is 275 g/mol. The van der Waals surface area contributed by atoms with Crippen LogP contribution in [0.1, 0.15) is 26.1 Å². The number of carboxylic acids is 1. The van der Waals surface area contributed by atoms with Crippen molar-refractivity contribution in [3.05, 3.63) is 12.0 Å². The van der Waals surface area contributed by atoms with Crippen molar-refractivity contribution in [3.8, 4) is 0 Å². The smallest absolute Gasteiger partial charge is 0.321 e. The summed E-state index contributed by atoms with van der Waals surface area (Å²) in [6.45, 7) is 5.60. The number of aromatic nitrogens is 2. The minimum Gasteiger partial charge on any atom is -0.480 e. The van der Waals surface area contributed by atoms with Gasteiger partial charge in [0.2, 0.25) is 0 Å². The zero-order chi connectivity index (χ0) is 13.9. The molecule has 0 bridgehead atoms. The van der Waals surface area contributed by atoms with Crippen molar-refractivity contribution in [2.24, 2.45) is 0 Å². The molecule has 1 aromatic rings. The van der Waals surface area contributed by atoms with E-state index in [9.17, 15) is 13.2 Å². The molecule has 0 amide bonds. The van der Waals surface area contributed by atoms with E-state index in [1.165, 1.54) is 13.1 Å². The number of carboxylic acid groups (broad SMARTS) is 1. The fraction of sp³-hybridized carbons (Fsp3) is 0.600. The van der Waals surface area contributed by atoms with Crippen LogP contribution in [0.25, 0.3) is 0 Å². The van der Waals surface area contributed by atoms with Gasteiger partial charge in [0.25, 0.3) is 10.0 Å². The highest BCUT2D eigenvalue weighted by molar-refractivity contribution is 7.89. The van der Waals surface area contributed by atoms with Gasteiger partial charge < -0.3 is 9.67 Å². The molecule has 8 heteroatoms. The number of aliphatic carboxylic acids is 1. The summed E-state index contributed by atoms with van der Waals surface area (Å²) >= 11 is 0. The first kappa shape index (κ1) is 14.7. The lowest BCUT2D eigenvalue weighted by Crippen LogP contribution is -2.38. The summed E-state index contributed by atoms with van der Waals surface area (Å²) in [7, 11) is -3.89. The fourth-order valence-corrected chi connectivity index (χ4v) is 2.62. The largest absolute Gasteiger partial charge is 0.480 e. The van der Waals surface area contributed by atoms with Crippen molar-refractivity contribution in [3.63, 3.8) is 0 Å². The fourth-order valence-electron chi connectivity index (χ4n) is 1.42. The zero-order valence-corrected chi connectivity index (χ0v) is 11.4. The molecule has 0 aromatic carbocycles. The molecular weight excluding hydrogens is 258 g/mol. The predicted octanol–water partition coefficient (Wildman–Crippen LogP) is 0.353. The monoisotopic (exact) mass is 275 g/mol. The van der Waals surface area contributed by atoms with Crippen molar-refractivity contribution >= 4 is 16.0 Å². The van der Waals surface area contributed by atoms with Gasteiger partial charge in [-0.25, -0.2) is 13.4 Å².